The summed E-state index contributed by atoms with van der Waals surface area (Å²) in [5.41, 5.74) is 0. The van der Waals surface area contributed by atoms with Crippen molar-refractivity contribution in [1.82, 2.24) is 5.32 Å². The van der Waals surface area contributed by atoms with Crippen molar-refractivity contribution in [1.29, 1.82) is 0 Å². The number of carbonyl (C=O) groups is 2. The van der Waals surface area contributed by atoms with Crippen molar-refractivity contribution in [3.63, 3.8) is 0 Å². The number of carboxylic acids is 2. The van der Waals surface area contributed by atoms with Crippen molar-refractivity contribution in [2.75, 3.05) is 13.1 Å². The van der Waals surface area contributed by atoms with Gasteiger partial charge in [0, 0.05) is 13.1 Å². The first-order valence-electron chi connectivity index (χ1n) is 2.84. The van der Waals surface area contributed by atoms with Gasteiger partial charge in [0.25, 0.3) is 0 Å². The second kappa shape index (κ2) is 37.2. The predicted molar refractivity (Wildman–Crippen MR) is 34.7 cm³/mol. The fourth-order valence-electron chi connectivity index (χ4n) is 0.267. The minimum absolute atomic E-state index is 0. The summed E-state index contributed by atoms with van der Waals surface area (Å²) < 4.78 is 22.5. The molecular formula is C7H5NO7Ru. The minimum Gasteiger partial charge on any atom is 2.00 e. The molecule has 0 bridgehead atoms. The summed E-state index contributed by atoms with van der Waals surface area (Å²) in [6, 6.07) is 0. The third kappa shape index (κ3) is 78.1. The van der Waals surface area contributed by atoms with Crippen LogP contribution in [0.3, 0.4) is 0 Å². The summed E-state index contributed by atoms with van der Waals surface area (Å²) in [4.78, 5) is 19.2. The Hall–Kier alpha value is -1.26. The Morgan fingerprint density at radius 1 is 0.875 bits per heavy atom. The molecule has 1 N–H and O–H groups in total. The average molecular weight is 316 g/mol. The van der Waals surface area contributed by atoms with Crippen LogP contribution in [0, 0.1) is 20.0 Å². The Balaban J connectivity index is -0.0000000498. The van der Waals surface area contributed by atoms with Crippen molar-refractivity contribution in [2.24, 2.45) is 0 Å². The first-order chi connectivity index (χ1) is 7.13. The summed E-state index contributed by atoms with van der Waals surface area (Å²) in [5.74, 6) is -2.67. The van der Waals surface area contributed by atoms with Crippen molar-refractivity contribution >= 4 is 11.9 Å². The molecule has 0 fully saturated rings. The third-order valence-corrected chi connectivity index (χ3v) is 0.539. The minimum atomic E-state index is -1.34. The van der Waals surface area contributed by atoms with E-state index in [1.807, 2.05) is 0 Å². The summed E-state index contributed by atoms with van der Waals surface area (Å²) in [6.45, 7) is 12.6. The van der Waals surface area contributed by atoms with E-state index in [0.717, 1.165) is 0 Å². The number of rotatable bonds is 4. The molecule has 0 amide bonds. The van der Waals surface area contributed by atoms with E-state index >= 15 is 0 Å². The maximum atomic E-state index is 9.59. The van der Waals surface area contributed by atoms with Crippen molar-refractivity contribution in [2.45, 2.75) is 0 Å². The third-order valence-electron chi connectivity index (χ3n) is 0.539. The maximum absolute atomic E-state index is 9.59. The smallest absolute Gasteiger partial charge is 2.00 e. The van der Waals surface area contributed by atoms with Gasteiger partial charge in [-0.05, 0) is 0 Å². The Morgan fingerprint density at radius 2 is 1.06 bits per heavy atom. The molecule has 0 saturated carbocycles. The van der Waals surface area contributed by atoms with Crippen LogP contribution in [-0.2, 0) is 43.0 Å². The van der Waals surface area contributed by atoms with Crippen LogP contribution in [0.4, 0.5) is 0 Å². The Bertz CT molecular complexity index is 194. The first kappa shape index (κ1) is 29.3. The van der Waals surface area contributed by atoms with Crippen molar-refractivity contribution in [3.05, 3.63) is 20.0 Å². The first-order valence-corrected chi connectivity index (χ1v) is 2.84. The van der Waals surface area contributed by atoms with Gasteiger partial charge in [-0.25, -0.2) is 0 Å². The van der Waals surface area contributed by atoms with Gasteiger partial charge in [0.2, 0.25) is 0 Å². The van der Waals surface area contributed by atoms with Crippen LogP contribution < -0.4 is 15.5 Å². The molecule has 88 valence electrons. The zero-order valence-corrected chi connectivity index (χ0v) is 9.36. The summed E-state index contributed by atoms with van der Waals surface area (Å²) >= 11 is 0. The van der Waals surface area contributed by atoms with E-state index in [9.17, 15) is 19.8 Å². The molecule has 0 heterocycles. The molecule has 0 unspecified atom stereocenters. The zero-order chi connectivity index (χ0) is 13.3. The van der Waals surface area contributed by atoms with Gasteiger partial charge in [0.15, 0.2) is 0 Å². The van der Waals surface area contributed by atoms with E-state index in [1.165, 1.54) is 0 Å². The van der Waals surface area contributed by atoms with E-state index in [2.05, 4.69) is 25.3 Å². The van der Waals surface area contributed by atoms with E-state index in [-0.39, 0.29) is 19.5 Å². The number of carbonyl (C=O) groups excluding carboxylic acids is 2. The normalized spacial score (nSPS) is 5.38. The van der Waals surface area contributed by atoms with Crippen LogP contribution in [0.5, 0.6) is 0 Å². The molecule has 0 aromatic rings. The van der Waals surface area contributed by atoms with Gasteiger partial charge in [-0.2, -0.15) is 0 Å². The second-order valence-electron chi connectivity index (χ2n) is 1.35. The summed E-state index contributed by atoms with van der Waals surface area (Å²) in [6.07, 6.45) is 0. The standard InChI is InChI=1S/C4H7NO4.3CO.Ru/c6-3(7)1-5-2-4(8)9;3*1-2;/h5H,1-2H2,(H,6,7)(H,8,9);;;;/q;;;;+2/p-2. The predicted octanol–water partition coefficient (Wildman–Crippen LogP) is -4.04. The van der Waals surface area contributed by atoms with Crippen LogP contribution >= 0.6 is 0 Å². The Kier molecular flexibility index (Phi) is 68.2. The number of nitrogens with one attached hydrogen (secondary N) is 1. The molecule has 8 nitrogen and oxygen atoms in total. The van der Waals surface area contributed by atoms with Gasteiger partial charge < -0.3 is 25.1 Å². The van der Waals surface area contributed by atoms with E-state index in [0.29, 0.717) is 0 Å². The van der Waals surface area contributed by atoms with Crippen molar-refractivity contribution in [3.8, 4) is 0 Å². The molecule has 0 saturated heterocycles. The van der Waals surface area contributed by atoms with Crippen LogP contribution in [0.25, 0.3) is 0 Å². The SMILES string of the molecule is O=C([O-])CNCC(=O)[O-].[C-]#[O+].[C-]#[O+].[C-]#[O+].[Ru+2]. The molecule has 0 atom stereocenters. The van der Waals surface area contributed by atoms with Crippen molar-refractivity contribution < 1.29 is 53.2 Å². The second-order valence-corrected chi connectivity index (χ2v) is 1.35. The Labute approximate surface area is 104 Å². The number of aliphatic carboxylic acids is 2. The molecule has 9 heteroatoms. The quantitative estimate of drug-likeness (QED) is 0.318. The number of carboxylic acid groups (broad SMARTS) is 2. The molecule has 0 aromatic carbocycles. The van der Waals surface area contributed by atoms with Crippen LogP contribution in [0.15, 0.2) is 0 Å². The monoisotopic (exact) mass is 317 g/mol. The molecule has 0 spiro atoms. The maximum Gasteiger partial charge on any atom is 2.00 e. The molecule has 0 rings (SSSR count). The van der Waals surface area contributed by atoms with E-state index < -0.39 is 25.0 Å². The van der Waals surface area contributed by atoms with Crippen LogP contribution in [-0.4, -0.2) is 25.0 Å². The van der Waals surface area contributed by atoms with E-state index in [1.54, 1.807) is 0 Å². The largest absolute Gasteiger partial charge is 2.00 e. The van der Waals surface area contributed by atoms with Gasteiger partial charge >= 0.3 is 53.4 Å². The fourth-order valence-corrected chi connectivity index (χ4v) is 0.267. The Morgan fingerprint density at radius 3 is 1.19 bits per heavy atom. The molecule has 16 heavy (non-hydrogen) atoms. The van der Waals surface area contributed by atoms with Gasteiger partial charge in [0.1, 0.15) is 0 Å². The van der Waals surface area contributed by atoms with Crippen LogP contribution in [0.2, 0.25) is 0 Å². The summed E-state index contributed by atoms with van der Waals surface area (Å²) in [5, 5.41) is 21.2. The molecule has 0 aliphatic carbocycles. The molecule has 0 aliphatic heterocycles. The molecule has 0 aromatic heterocycles. The number of hydrogen-bond donors (Lipinski definition) is 1. The average Bonchev–Trinajstić information content (AvgIpc) is 2.25. The summed E-state index contributed by atoms with van der Waals surface area (Å²) in [7, 11) is 0. The van der Waals surface area contributed by atoms with Crippen LogP contribution in [0.1, 0.15) is 0 Å². The molecular weight excluding hydrogens is 311 g/mol. The van der Waals surface area contributed by atoms with Gasteiger partial charge in [-0.3, -0.25) is 0 Å². The van der Waals surface area contributed by atoms with E-state index in [4.69, 9.17) is 14.0 Å². The fraction of sp³-hybridized carbons (Fsp3) is 0.286. The van der Waals surface area contributed by atoms with Gasteiger partial charge in [-0.15, -0.1) is 0 Å². The number of hydrogen-bond acceptors (Lipinski definition) is 5. The topological polar surface area (TPSA) is 152 Å². The zero-order valence-electron chi connectivity index (χ0n) is 7.63. The molecule has 0 radical (unpaired) electrons. The molecule has 0 aliphatic rings. The van der Waals surface area contributed by atoms with Gasteiger partial charge in [-0.1, -0.05) is 0 Å². The van der Waals surface area contributed by atoms with Gasteiger partial charge in [0.05, 0.1) is 11.9 Å².